The number of thioether (sulfide) groups is 1. The summed E-state index contributed by atoms with van der Waals surface area (Å²) in [6.07, 6.45) is 0. The van der Waals surface area contributed by atoms with E-state index in [-0.39, 0.29) is 0 Å². The standard InChI is InChI=1S/C11H17NO2S2/c1-10(2)15-9-8-12-16(13,14)11-6-4-3-5-7-11/h3-7,10,12H,8-9H2,1-2H3. The maximum absolute atomic E-state index is 11.8. The van der Waals surface area contributed by atoms with Crippen LogP contribution in [0.15, 0.2) is 35.2 Å². The van der Waals surface area contributed by atoms with E-state index in [0.717, 1.165) is 5.75 Å². The molecule has 0 saturated carbocycles. The lowest BCUT2D eigenvalue weighted by Gasteiger charge is -2.07. The summed E-state index contributed by atoms with van der Waals surface area (Å²) in [5.74, 6) is 0.795. The van der Waals surface area contributed by atoms with Crippen molar-refractivity contribution >= 4 is 21.8 Å². The normalized spacial score (nSPS) is 11.9. The second kappa shape index (κ2) is 6.27. The zero-order valence-electron chi connectivity index (χ0n) is 9.51. The molecule has 3 nitrogen and oxygen atoms in total. The van der Waals surface area contributed by atoms with E-state index >= 15 is 0 Å². The molecule has 0 amide bonds. The highest BCUT2D eigenvalue weighted by atomic mass is 32.2. The third kappa shape index (κ3) is 4.55. The molecule has 0 saturated heterocycles. The Bertz CT molecular complexity index is 401. The van der Waals surface area contributed by atoms with Crippen molar-refractivity contribution in [3.63, 3.8) is 0 Å². The van der Waals surface area contributed by atoms with Crippen molar-refractivity contribution in [2.24, 2.45) is 0 Å². The van der Waals surface area contributed by atoms with Crippen molar-refractivity contribution in [2.75, 3.05) is 12.3 Å². The largest absolute Gasteiger partial charge is 0.240 e. The molecule has 0 atom stereocenters. The summed E-state index contributed by atoms with van der Waals surface area (Å²) in [5, 5.41) is 0.529. The molecular weight excluding hydrogens is 242 g/mol. The second-order valence-electron chi connectivity index (χ2n) is 3.63. The summed E-state index contributed by atoms with van der Waals surface area (Å²) in [6.45, 7) is 4.66. The molecule has 0 unspecified atom stereocenters. The number of rotatable bonds is 6. The van der Waals surface area contributed by atoms with Crippen LogP contribution in [-0.4, -0.2) is 26.0 Å². The van der Waals surface area contributed by atoms with Crippen molar-refractivity contribution in [2.45, 2.75) is 24.0 Å². The van der Waals surface area contributed by atoms with Gasteiger partial charge in [-0.3, -0.25) is 0 Å². The van der Waals surface area contributed by atoms with Crippen LogP contribution in [0, 0.1) is 0 Å². The number of benzene rings is 1. The Labute approximate surface area is 102 Å². The van der Waals surface area contributed by atoms with Gasteiger partial charge in [-0.1, -0.05) is 32.0 Å². The number of nitrogens with one attached hydrogen (secondary N) is 1. The van der Waals surface area contributed by atoms with Crippen LogP contribution < -0.4 is 4.72 Å². The lowest BCUT2D eigenvalue weighted by molar-refractivity contribution is 0.584. The van der Waals surface area contributed by atoms with Gasteiger partial charge >= 0.3 is 0 Å². The van der Waals surface area contributed by atoms with Crippen LogP contribution in [0.25, 0.3) is 0 Å². The van der Waals surface area contributed by atoms with Crippen molar-refractivity contribution in [3.8, 4) is 0 Å². The molecular formula is C11H17NO2S2. The van der Waals surface area contributed by atoms with E-state index in [2.05, 4.69) is 18.6 Å². The first-order chi connectivity index (χ1) is 7.52. The lowest BCUT2D eigenvalue weighted by atomic mass is 10.4. The van der Waals surface area contributed by atoms with Crippen LogP contribution in [0.3, 0.4) is 0 Å². The van der Waals surface area contributed by atoms with Crippen molar-refractivity contribution in [3.05, 3.63) is 30.3 Å². The first-order valence-corrected chi connectivity index (χ1v) is 7.72. The molecule has 0 aliphatic carbocycles. The van der Waals surface area contributed by atoms with Gasteiger partial charge in [-0.05, 0) is 17.4 Å². The van der Waals surface area contributed by atoms with Gasteiger partial charge in [-0.25, -0.2) is 13.1 Å². The smallest absolute Gasteiger partial charge is 0.210 e. The highest BCUT2D eigenvalue weighted by Gasteiger charge is 2.11. The molecule has 0 aromatic heterocycles. The van der Waals surface area contributed by atoms with Crippen LogP contribution in [0.2, 0.25) is 0 Å². The summed E-state index contributed by atoms with van der Waals surface area (Å²) >= 11 is 1.74. The Hall–Kier alpha value is -0.520. The van der Waals surface area contributed by atoms with Crippen molar-refractivity contribution in [1.29, 1.82) is 0 Å². The summed E-state index contributed by atoms with van der Waals surface area (Å²) in [4.78, 5) is 0.324. The second-order valence-corrected chi connectivity index (χ2v) is 7.08. The maximum atomic E-state index is 11.8. The van der Waals surface area contributed by atoms with Gasteiger partial charge in [0.25, 0.3) is 0 Å². The molecule has 0 bridgehead atoms. The molecule has 16 heavy (non-hydrogen) atoms. The topological polar surface area (TPSA) is 46.2 Å². The third-order valence-electron chi connectivity index (χ3n) is 1.90. The Morgan fingerprint density at radius 3 is 2.44 bits per heavy atom. The highest BCUT2D eigenvalue weighted by molar-refractivity contribution is 7.99. The predicted octanol–water partition coefficient (Wildman–Crippen LogP) is 2.11. The molecule has 0 heterocycles. The van der Waals surface area contributed by atoms with Gasteiger partial charge < -0.3 is 0 Å². The SMILES string of the molecule is CC(C)SCCNS(=O)(=O)c1ccccc1. The minimum Gasteiger partial charge on any atom is -0.210 e. The van der Waals surface area contributed by atoms with E-state index in [4.69, 9.17) is 0 Å². The molecule has 5 heteroatoms. The maximum Gasteiger partial charge on any atom is 0.240 e. The van der Waals surface area contributed by atoms with Crippen molar-refractivity contribution < 1.29 is 8.42 Å². The zero-order chi connectivity index (χ0) is 12.0. The van der Waals surface area contributed by atoms with Gasteiger partial charge in [0.2, 0.25) is 10.0 Å². The van der Waals surface area contributed by atoms with Gasteiger partial charge in [-0.2, -0.15) is 11.8 Å². The molecule has 0 aliphatic rings. The summed E-state index contributed by atoms with van der Waals surface area (Å²) in [5.41, 5.74) is 0. The van der Waals surface area contributed by atoms with Crippen LogP contribution in [0.1, 0.15) is 13.8 Å². The van der Waals surface area contributed by atoms with E-state index < -0.39 is 10.0 Å². The van der Waals surface area contributed by atoms with E-state index in [9.17, 15) is 8.42 Å². The van der Waals surface area contributed by atoms with Gasteiger partial charge in [-0.15, -0.1) is 0 Å². The highest BCUT2D eigenvalue weighted by Crippen LogP contribution is 2.09. The van der Waals surface area contributed by atoms with Crippen LogP contribution in [0.5, 0.6) is 0 Å². The predicted molar refractivity (Wildman–Crippen MR) is 69.2 cm³/mol. The molecule has 90 valence electrons. The third-order valence-corrected chi connectivity index (χ3v) is 4.48. The quantitative estimate of drug-likeness (QED) is 0.796. The average Bonchev–Trinajstić information content (AvgIpc) is 2.26. The molecule has 1 rings (SSSR count). The Morgan fingerprint density at radius 2 is 1.88 bits per heavy atom. The fourth-order valence-electron chi connectivity index (χ4n) is 1.15. The minimum atomic E-state index is -3.32. The lowest BCUT2D eigenvalue weighted by Crippen LogP contribution is -2.26. The van der Waals surface area contributed by atoms with E-state index in [1.165, 1.54) is 0 Å². The molecule has 0 radical (unpaired) electrons. The van der Waals surface area contributed by atoms with E-state index in [1.54, 1.807) is 42.1 Å². The van der Waals surface area contributed by atoms with Gasteiger partial charge in [0, 0.05) is 12.3 Å². The van der Waals surface area contributed by atoms with Crippen LogP contribution >= 0.6 is 11.8 Å². The van der Waals surface area contributed by atoms with Crippen molar-refractivity contribution in [1.82, 2.24) is 4.72 Å². The monoisotopic (exact) mass is 259 g/mol. The minimum absolute atomic E-state index is 0.324. The molecule has 0 fully saturated rings. The van der Waals surface area contributed by atoms with Crippen LogP contribution in [-0.2, 0) is 10.0 Å². The Kier molecular flexibility index (Phi) is 5.31. The first kappa shape index (κ1) is 13.5. The number of sulfonamides is 1. The summed E-state index contributed by atoms with van der Waals surface area (Å²) in [7, 11) is -3.32. The molecule has 1 N–H and O–H groups in total. The fourth-order valence-corrected chi connectivity index (χ4v) is 3.03. The number of hydrogen-bond donors (Lipinski definition) is 1. The van der Waals surface area contributed by atoms with Gasteiger partial charge in [0.1, 0.15) is 0 Å². The molecule has 0 aliphatic heterocycles. The summed E-state index contributed by atoms with van der Waals surface area (Å²) in [6, 6.07) is 8.43. The molecule has 1 aromatic carbocycles. The number of hydrogen-bond acceptors (Lipinski definition) is 3. The Balaban J connectivity index is 2.48. The van der Waals surface area contributed by atoms with Gasteiger partial charge in [0.05, 0.1) is 4.90 Å². The van der Waals surface area contributed by atoms with E-state index in [1.807, 2.05) is 0 Å². The zero-order valence-corrected chi connectivity index (χ0v) is 11.1. The fraction of sp³-hybridized carbons (Fsp3) is 0.455. The molecule has 1 aromatic rings. The van der Waals surface area contributed by atoms with Crippen LogP contribution in [0.4, 0.5) is 0 Å². The average molecular weight is 259 g/mol. The molecule has 0 spiro atoms. The first-order valence-electron chi connectivity index (χ1n) is 5.18. The summed E-state index contributed by atoms with van der Waals surface area (Å²) < 4.78 is 26.1. The Morgan fingerprint density at radius 1 is 1.25 bits per heavy atom. The van der Waals surface area contributed by atoms with Gasteiger partial charge in [0.15, 0.2) is 0 Å². The van der Waals surface area contributed by atoms with E-state index in [0.29, 0.717) is 16.7 Å².